The van der Waals surface area contributed by atoms with Crippen molar-refractivity contribution >= 4 is 11.6 Å². The first-order valence-electron chi connectivity index (χ1n) is 6.47. The van der Waals surface area contributed by atoms with Crippen LogP contribution in [-0.4, -0.2) is 17.1 Å². The maximum atomic E-state index is 13.3. The van der Waals surface area contributed by atoms with E-state index >= 15 is 0 Å². The highest BCUT2D eigenvalue weighted by atomic mass is 19.1. The summed E-state index contributed by atoms with van der Waals surface area (Å²) in [6, 6.07) is 13.7. The average Bonchev–Trinajstić information content (AvgIpc) is 2.57. The molecular formula is C16H14FNO2. The second-order valence-electron chi connectivity index (χ2n) is 4.96. The van der Waals surface area contributed by atoms with Crippen LogP contribution in [0.1, 0.15) is 17.0 Å². The van der Waals surface area contributed by atoms with E-state index in [2.05, 4.69) is 5.32 Å². The zero-order chi connectivity index (χ0) is 14.1. The van der Waals surface area contributed by atoms with E-state index in [0.717, 1.165) is 11.1 Å². The van der Waals surface area contributed by atoms with Crippen molar-refractivity contribution in [3.63, 3.8) is 0 Å². The summed E-state index contributed by atoms with van der Waals surface area (Å²) in [6.07, 6.45) is -0.660. The average molecular weight is 271 g/mol. The highest BCUT2D eigenvalue weighted by Gasteiger charge is 2.31. The first-order valence-corrected chi connectivity index (χ1v) is 6.47. The number of aliphatic hydroxyl groups is 1. The van der Waals surface area contributed by atoms with Gasteiger partial charge in [-0.1, -0.05) is 36.4 Å². The molecule has 2 N–H and O–H groups in total. The number of aliphatic hydroxyl groups excluding tert-OH is 1. The standard InChI is InChI=1S/C16H14FNO2/c17-12-7-6-11-8-13(10-4-2-1-3-5-10)15(19)16(20)18-14(11)9-12/h1-7,9,13,15,19H,8H2,(H,18,20)/t13-,15+/m1/s1. The summed E-state index contributed by atoms with van der Waals surface area (Å²) < 4.78 is 13.3. The van der Waals surface area contributed by atoms with E-state index < -0.39 is 17.8 Å². The Bertz CT molecular complexity index is 642. The molecule has 102 valence electrons. The number of amides is 1. The van der Waals surface area contributed by atoms with Crippen LogP contribution in [0.4, 0.5) is 10.1 Å². The summed E-state index contributed by atoms with van der Waals surface area (Å²) in [6.45, 7) is 0. The van der Waals surface area contributed by atoms with Gasteiger partial charge in [0.25, 0.3) is 5.91 Å². The Kier molecular flexibility index (Phi) is 3.24. The van der Waals surface area contributed by atoms with Gasteiger partial charge in [-0.05, 0) is 29.7 Å². The molecule has 2 aromatic rings. The summed E-state index contributed by atoms with van der Waals surface area (Å²) in [5.41, 5.74) is 2.16. The van der Waals surface area contributed by atoms with Crippen LogP contribution in [0.15, 0.2) is 48.5 Å². The predicted molar refractivity (Wildman–Crippen MR) is 73.9 cm³/mol. The second-order valence-corrected chi connectivity index (χ2v) is 4.96. The molecule has 0 bridgehead atoms. The molecule has 1 heterocycles. The fourth-order valence-electron chi connectivity index (χ4n) is 2.58. The van der Waals surface area contributed by atoms with Gasteiger partial charge in [0, 0.05) is 11.6 Å². The maximum absolute atomic E-state index is 13.3. The molecule has 3 rings (SSSR count). The number of hydrogen-bond donors (Lipinski definition) is 2. The van der Waals surface area contributed by atoms with E-state index in [9.17, 15) is 14.3 Å². The van der Waals surface area contributed by atoms with Crippen LogP contribution >= 0.6 is 0 Å². The van der Waals surface area contributed by atoms with Crippen molar-refractivity contribution in [2.24, 2.45) is 0 Å². The molecule has 0 saturated carbocycles. The maximum Gasteiger partial charge on any atom is 0.253 e. The highest BCUT2D eigenvalue weighted by molar-refractivity contribution is 5.96. The Hall–Kier alpha value is -2.20. The van der Waals surface area contributed by atoms with Crippen LogP contribution in [0.25, 0.3) is 0 Å². The van der Waals surface area contributed by atoms with Gasteiger partial charge in [0.2, 0.25) is 0 Å². The van der Waals surface area contributed by atoms with Gasteiger partial charge in [0.05, 0.1) is 0 Å². The fourth-order valence-corrected chi connectivity index (χ4v) is 2.58. The smallest absolute Gasteiger partial charge is 0.253 e. The molecular weight excluding hydrogens is 257 g/mol. The van der Waals surface area contributed by atoms with Gasteiger partial charge in [-0.25, -0.2) is 4.39 Å². The van der Waals surface area contributed by atoms with Crippen LogP contribution in [0, 0.1) is 5.82 Å². The number of hydrogen-bond acceptors (Lipinski definition) is 2. The third-order valence-electron chi connectivity index (χ3n) is 3.65. The molecule has 2 aromatic carbocycles. The van der Waals surface area contributed by atoms with Crippen molar-refractivity contribution in [2.45, 2.75) is 18.4 Å². The summed E-state index contributed by atoms with van der Waals surface area (Å²) >= 11 is 0. The number of nitrogens with one attached hydrogen (secondary N) is 1. The number of rotatable bonds is 1. The van der Waals surface area contributed by atoms with Crippen LogP contribution in [0.2, 0.25) is 0 Å². The first kappa shape index (κ1) is 12.8. The minimum atomic E-state index is -1.15. The molecule has 20 heavy (non-hydrogen) atoms. The third kappa shape index (κ3) is 2.30. The number of anilines is 1. The zero-order valence-electron chi connectivity index (χ0n) is 10.7. The van der Waals surface area contributed by atoms with Gasteiger partial charge in [0.1, 0.15) is 11.9 Å². The molecule has 1 aliphatic rings. The Labute approximate surface area is 116 Å². The number of fused-ring (bicyclic) bond motifs is 1. The van der Waals surface area contributed by atoms with Gasteiger partial charge in [-0.3, -0.25) is 4.79 Å². The summed E-state index contributed by atoms with van der Waals surface area (Å²) in [5.74, 6) is -1.23. The van der Waals surface area contributed by atoms with Crippen LogP contribution < -0.4 is 5.32 Å². The van der Waals surface area contributed by atoms with Crippen LogP contribution in [0.5, 0.6) is 0 Å². The molecule has 0 unspecified atom stereocenters. The number of halogens is 1. The normalized spacial score (nSPS) is 21.8. The lowest BCUT2D eigenvalue weighted by molar-refractivity contribution is -0.124. The van der Waals surface area contributed by atoms with Crippen molar-refractivity contribution in [3.8, 4) is 0 Å². The fraction of sp³-hybridized carbons (Fsp3) is 0.188. The van der Waals surface area contributed by atoms with E-state index in [-0.39, 0.29) is 5.92 Å². The predicted octanol–water partition coefficient (Wildman–Crippen LogP) is 2.47. The van der Waals surface area contributed by atoms with Gasteiger partial charge in [-0.2, -0.15) is 0 Å². The van der Waals surface area contributed by atoms with E-state index in [1.54, 1.807) is 6.07 Å². The van der Waals surface area contributed by atoms with Crippen LogP contribution in [-0.2, 0) is 11.2 Å². The van der Waals surface area contributed by atoms with Gasteiger partial charge in [-0.15, -0.1) is 0 Å². The Morgan fingerprint density at radius 1 is 1.15 bits per heavy atom. The van der Waals surface area contributed by atoms with Crippen molar-refractivity contribution < 1.29 is 14.3 Å². The first-order chi connectivity index (χ1) is 9.65. The Morgan fingerprint density at radius 2 is 1.90 bits per heavy atom. The molecule has 0 spiro atoms. The van der Waals surface area contributed by atoms with E-state index in [1.807, 2.05) is 30.3 Å². The molecule has 0 fully saturated rings. The van der Waals surface area contributed by atoms with Crippen molar-refractivity contribution in [1.82, 2.24) is 0 Å². The molecule has 0 radical (unpaired) electrons. The summed E-state index contributed by atoms with van der Waals surface area (Å²) in [4.78, 5) is 12.0. The number of carbonyl (C=O) groups excluding carboxylic acids is 1. The monoisotopic (exact) mass is 271 g/mol. The SMILES string of the molecule is O=C1Nc2cc(F)ccc2C[C@H](c2ccccc2)[C@@H]1O. The molecule has 4 heteroatoms. The molecule has 2 atom stereocenters. The lowest BCUT2D eigenvalue weighted by Gasteiger charge is -2.19. The Morgan fingerprint density at radius 3 is 2.65 bits per heavy atom. The zero-order valence-corrected chi connectivity index (χ0v) is 10.7. The quantitative estimate of drug-likeness (QED) is 0.837. The van der Waals surface area contributed by atoms with Crippen molar-refractivity contribution in [2.75, 3.05) is 5.32 Å². The molecule has 3 nitrogen and oxygen atoms in total. The highest BCUT2D eigenvalue weighted by Crippen LogP contribution is 2.32. The van der Waals surface area contributed by atoms with Gasteiger partial charge >= 0.3 is 0 Å². The molecule has 0 aliphatic carbocycles. The number of carbonyl (C=O) groups is 1. The molecule has 1 amide bonds. The topological polar surface area (TPSA) is 49.3 Å². The minimum absolute atomic E-state index is 0.331. The summed E-state index contributed by atoms with van der Waals surface area (Å²) in [5, 5.41) is 12.8. The van der Waals surface area contributed by atoms with Gasteiger partial charge in [0.15, 0.2) is 0 Å². The van der Waals surface area contributed by atoms with Crippen LogP contribution in [0.3, 0.4) is 0 Å². The van der Waals surface area contributed by atoms with E-state index in [1.165, 1.54) is 12.1 Å². The van der Waals surface area contributed by atoms with Crippen molar-refractivity contribution in [1.29, 1.82) is 0 Å². The lowest BCUT2D eigenvalue weighted by Crippen LogP contribution is -2.31. The largest absolute Gasteiger partial charge is 0.383 e. The minimum Gasteiger partial charge on any atom is -0.383 e. The second kappa shape index (κ2) is 5.06. The van der Waals surface area contributed by atoms with E-state index in [0.29, 0.717) is 12.1 Å². The number of benzene rings is 2. The van der Waals surface area contributed by atoms with Gasteiger partial charge < -0.3 is 10.4 Å². The molecule has 1 aliphatic heterocycles. The molecule has 0 saturated heterocycles. The lowest BCUT2D eigenvalue weighted by atomic mass is 9.88. The molecule has 0 aromatic heterocycles. The third-order valence-corrected chi connectivity index (χ3v) is 3.65. The summed E-state index contributed by atoms with van der Waals surface area (Å²) in [7, 11) is 0. The Balaban J connectivity index is 2.04. The van der Waals surface area contributed by atoms with Crippen molar-refractivity contribution in [3.05, 3.63) is 65.5 Å². The van der Waals surface area contributed by atoms with E-state index in [4.69, 9.17) is 0 Å².